The summed E-state index contributed by atoms with van der Waals surface area (Å²) in [6, 6.07) is 0. The van der Waals surface area contributed by atoms with Crippen molar-refractivity contribution >= 4 is 5.97 Å². The van der Waals surface area contributed by atoms with Crippen LogP contribution < -0.4 is 0 Å². The third-order valence-corrected chi connectivity index (χ3v) is 6.71. The van der Waals surface area contributed by atoms with Gasteiger partial charge in [0.05, 0.1) is 6.61 Å². The predicted molar refractivity (Wildman–Crippen MR) is 138 cm³/mol. The highest BCUT2D eigenvalue weighted by Gasteiger charge is 2.11. The van der Waals surface area contributed by atoms with Crippen LogP contribution in [-0.4, -0.2) is 12.6 Å². The Bertz CT molecular complexity index is 353. The molecule has 0 N–H and O–H groups in total. The van der Waals surface area contributed by atoms with Crippen molar-refractivity contribution in [2.75, 3.05) is 6.61 Å². The number of carbonyl (C=O) groups excluding carboxylic acids is 1. The standard InChI is InChI=1S/C29H58O2/c1-4-7-10-13-15-16-19-21-24-28(23-20-18-14-11-8-5-2)26-27-31-29(30)25-22-17-12-9-6-3/h28H,4-27H2,1-3H3. The van der Waals surface area contributed by atoms with Gasteiger partial charge in [0.1, 0.15) is 0 Å². The van der Waals surface area contributed by atoms with Crippen molar-refractivity contribution in [1.29, 1.82) is 0 Å². The normalized spacial score (nSPS) is 12.2. The first-order chi connectivity index (χ1) is 15.2. The van der Waals surface area contributed by atoms with Crippen molar-refractivity contribution in [3.63, 3.8) is 0 Å². The van der Waals surface area contributed by atoms with E-state index in [1.165, 1.54) is 128 Å². The topological polar surface area (TPSA) is 26.3 Å². The van der Waals surface area contributed by atoms with Gasteiger partial charge in [-0.25, -0.2) is 0 Å². The van der Waals surface area contributed by atoms with Crippen LogP contribution in [0, 0.1) is 5.92 Å². The molecule has 0 aliphatic rings. The van der Waals surface area contributed by atoms with Crippen LogP contribution in [0.2, 0.25) is 0 Å². The molecule has 0 aromatic rings. The van der Waals surface area contributed by atoms with Crippen molar-refractivity contribution in [3.8, 4) is 0 Å². The van der Waals surface area contributed by atoms with Crippen molar-refractivity contribution < 1.29 is 9.53 Å². The molecule has 0 bridgehead atoms. The maximum Gasteiger partial charge on any atom is 0.305 e. The minimum absolute atomic E-state index is 0.0295. The van der Waals surface area contributed by atoms with Gasteiger partial charge in [0, 0.05) is 6.42 Å². The molecule has 1 unspecified atom stereocenters. The molecule has 0 spiro atoms. The first kappa shape index (κ1) is 30.5. The molecule has 1 atom stereocenters. The summed E-state index contributed by atoms with van der Waals surface area (Å²) in [7, 11) is 0. The second-order valence-corrected chi connectivity index (χ2v) is 9.86. The summed E-state index contributed by atoms with van der Waals surface area (Å²) in [4.78, 5) is 12.0. The summed E-state index contributed by atoms with van der Waals surface area (Å²) in [6.45, 7) is 7.44. The third-order valence-electron chi connectivity index (χ3n) is 6.71. The fraction of sp³-hybridized carbons (Fsp3) is 0.966. The summed E-state index contributed by atoms with van der Waals surface area (Å²) in [5.74, 6) is 0.783. The number of esters is 1. The average Bonchev–Trinajstić information content (AvgIpc) is 2.77. The van der Waals surface area contributed by atoms with Crippen LogP contribution in [0.5, 0.6) is 0 Å². The largest absolute Gasteiger partial charge is 0.466 e. The molecular formula is C29H58O2. The van der Waals surface area contributed by atoms with E-state index in [0.29, 0.717) is 13.0 Å². The second-order valence-electron chi connectivity index (χ2n) is 9.86. The van der Waals surface area contributed by atoms with Crippen molar-refractivity contribution in [2.24, 2.45) is 5.92 Å². The number of hydrogen-bond donors (Lipinski definition) is 0. The van der Waals surface area contributed by atoms with Gasteiger partial charge in [-0.3, -0.25) is 4.79 Å². The Kier molecular flexibility index (Phi) is 25.3. The van der Waals surface area contributed by atoms with Crippen molar-refractivity contribution in [1.82, 2.24) is 0 Å². The lowest BCUT2D eigenvalue weighted by Crippen LogP contribution is -2.10. The second kappa shape index (κ2) is 25.7. The van der Waals surface area contributed by atoms with Crippen LogP contribution in [0.3, 0.4) is 0 Å². The van der Waals surface area contributed by atoms with E-state index in [1.54, 1.807) is 0 Å². The molecular weight excluding hydrogens is 380 g/mol. The smallest absolute Gasteiger partial charge is 0.305 e. The Balaban J connectivity index is 3.95. The zero-order valence-corrected chi connectivity index (χ0v) is 21.9. The molecule has 0 aliphatic carbocycles. The molecule has 2 nitrogen and oxygen atoms in total. The molecule has 0 aliphatic heterocycles. The number of rotatable bonds is 25. The van der Waals surface area contributed by atoms with Gasteiger partial charge in [-0.1, -0.05) is 149 Å². The van der Waals surface area contributed by atoms with Gasteiger partial charge in [0.2, 0.25) is 0 Å². The predicted octanol–water partition coefficient (Wildman–Crippen LogP) is 10.2. The summed E-state index contributed by atoms with van der Waals surface area (Å²) in [5.41, 5.74) is 0. The summed E-state index contributed by atoms with van der Waals surface area (Å²) in [6.07, 6.45) is 29.7. The lowest BCUT2D eigenvalue weighted by molar-refractivity contribution is -0.144. The van der Waals surface area contributed by atoms with Crippen molar-refractivity contribution in [2.45, 2.75) is 168 Å². The van der Waals surface area contributed by atoms with Crippen LogP contribution in [0.4, 0.5) is 0 Å². The van der Waals surface area contributed by atoms with Crippen LogP contribution in [0.25, 0.3) is 0 Å². The number of carbonyl (C=O) groups is 1. The zero-order chi connectivity index (χ0) is 22.8. The van der Waals surface area contributed by atoms with Crippen LogP contribution in [0.15, 0.2) is 0 Å². The van der Waals surface area contributed by atoms with E-state index < -0.39 is 0 Å². The van der Waals surface area contributed by atoms with Gasteiger partial charge >= 0.3 is 5.97 Å². The minimum atomic E-state index is 0.0295. The van der Waals surface area contributed by atoms with E-state index in [4.69, 9.17) is 4.74 Å². The fourth-order valence-electron chi connectivity index (χ4n) is 4.50. The quantitative estimate of drug-likeness (QED) is 0.105. The molecule has 0 rings (SSSR count). The van der Waals surface area contributed by atoms with Gasteiger partial charge < -0.3 is 4.74 Å². The summed E-state index contributed by atoms with van der Waals surface area (Å²) in [5, 5.41) is 0. The number of hydrogen-bond acceptors (Lipinski definition) is 2. The molecule has 31 heavy (non-hydrogen) atoms. The first-order valence-electron chi connectivity index (χ1n) is 14.4. The number of ether oxygens (including phenoxy) is 1. The highest BCUT2D eigenvalue weighted by molar-refractivity contribution is 5.69. The van der Waals surface area contributed by atoms with Crippen LogP contribution in [-0.2, 0) is 9.53 Å². The summed E-state index contributed by atoms with van der Waals surface area (Å²) >= 11 is 0. The Morgan fingerprint density at radius 1 is 0.516 bits per heavy atom. The maximum absolute atomic E-state index is 12.0. The lowest BCUT2D eigenvalue weighted by atomic mass is 9.91. The molecule has 0 radical (unpaired) electrons. The monoisotopic (exact) mass is 438 g/mol. The Morgan fingerprint density at radius 2 is 0.903 bits per heavy atom. The molecule has 0 saturated carbocycles. The highest BCUT2D eigenvalue weighted by atomic mass is 16.5. The van der Waals surface area contributed by atoms with Gasteiger partial charge in [0.15, 0.2) is 0 Å². The molecule has 0 amide bonds. The van der Waals surface area contributed by atoms with E-state index in [2.05, 4.69) is 20.8 Å². The van der Waals surface area contributed by atoms with Gasteiger partial charge in [-0.15, -0.1) is 0 Å². The molecule has 0 aromatic carbocycles. The van der Waals surface area contributed by atoms with Crippen LogP contribution >= 0.6 is 0 Å². The van der Waals surface area contributed by atoms with Crippen LogP contribution in [0.1, 0.15) is 168 Å². The molecule has 0 heterocycles. The third kappa shape index (κ3) is 24.0. The Hall–Kier alpha value is -0.530. The molecule has 0 aromatic heterocycles. The van der Waals surface area contributed by atoms with E-state index in [1.807, 2.05) is 0 Å². The lowest BCUT2D eigenvalue weighted by Gasteiger charge is -2.17. The van der Waals surface area contributed by atoms with E-state index in [0.717, 1.165) is 18.8 Å². The molecule has 0 saturated heterocycles. The SMILES string of the molecule is CCCCCCCCCCC(CCCCCCCC)CCOC(=O)CCCCCCC. The Morgan fingerprint density at radius 3 is 1.35 bits per heavy atom. The van der Waals surface area contributed by atoms with Gasteiger partial charge in [-0.2, -0.15) is 0 Å². The zero-order valence-electron chi connectivity index (χ0n) is 21.9. The molecule has 2 heteroatoms. The van der Waals surface area contributed by atoms with Gasteiger partial charge in [-0.05, 0) is 18.8 Å². The van der Waals surface area contributed by atoms with Gasteiger partial charge in [0.25, 0.3) is 0 Å². The Labute approximate surface area is 196 Å². The average molecular weight is 439 g/mol. The van der Waals surface area contributed by atoms with Crippen molar-refractivity contribution in [3.05, 3.63) is 0 Å². The van der Waals surface area contributed by atoms with E-state index in [9.17, 15) is 4.79 Å². The highest BCUT2D eigenvalue weighted by Crippen LogP contribution is 2.22. The van der Waals surface area contributed by atoms with E-state index >= 15 is 0 Å². The molecule has 0 fully saturated rings. The number of unbranched alkanes of at least 4 members (excludes halogenated alkanes) is 16. The maximum atomic E-state index is 12.0. The first-order valence-corrected chi connectivity index (χ1v) is 14.4. The summed E-state index contributed by atoms with van der Waals surface area (Å²) < 4.78 is 5.58. The fourth-order valence-corrected chi connectivity index (χ4v) is 4.50. The minimum Gasteiger partial charge on any atom is -0.466 e. The van der Waals surface area contributed by atoms with E-state index in [-0.39, 0.29) is 5.97 Å². The molecule has 186 valence electrons.